The standard InChI is InChI=1S/C11H16Br2N4O2S/c1-7-3-8(2)6-17(5-7)20(18,19)16-11-10(13)15-9(12)4-14-11/h4,7-8H,3,5-6H2,1-2H3,(H,14,16). The van der Waals surface area contributed by atoms with E-state index in [0.29, 0.717) is 34.1 Å². The number of halogens is 2. The van der Waals surface area contributed by atoms with Gasteiger partial charge in [0.2, 0.25) is 0 Å². The van der Waals surface area contributed by atoms with Crippen LogP contribution in [0.5, 0.6) is 0 Å². The Morgan fingerprint density at radius 1 is 1.30 bits per heavy atom. The molecule has 1 aromatic rings. The fourth-order valence-electron chi connectivity index (χ4n) is 2.40. The first-order chi connectivity index (χ1) is 9.28. The Balaban J connectivity index is 2.18. The summed E-state index contributed by atoms with van der Waals surface area (Å²) in [5.41, 5.74) is 0. The third-order valence-electron chi connectivity index (χ3n) is 3.10. The lowest BCUT2D eigenvalue weighted by atomic mass is 9.94. The van der Waals surface area contributed by atoms with Crippen LogP contribution < -0.4 is 4.72 Å². The highest BCUT2D eigenvalue weighted by Gasteiger charge is 2.31. The minimum absolute atomic E-state index is 0.194. The summed E-state index contributed by atoms with van der Waals surface area (Å²) >= 11 is 6.38. The molecule has 0 amide bonds. The lowest BCUT2D eigenvalue weighted by molar-refractivity contribution is 0.223. The van der Waals surface area contributed by atoms with E-state index in [-0.39, 0.29) is 5.82 Å². The summed E-state index contributed by atoms with van der Waals surface area (Å²) in [6.45, 7) is 5.18. The van der Waals surface area contributed by atoms with Gasteiger partial charge >= 0.3 is 10.2 Å². The Kier molecular flexibility index (Phi) is 5.04. The van der Waals surface area contributed by atoms with Crippen molar-refractivity contribution in [3.8, 4) is 0 Å². The van der Waals surface area contributed by atoms with Crippen molar-refractivity contribution in [2.45, 2.75) is 20.3 Å². The fourth-order valence-corrected chi connectivity index (χ4v) is 4.87. The third-order valence-corrected chi connectivity index (χ3v) is 5.47. The minimum atomic E-state index is -3.60. The number of nitrogens with zero attached hydrogens (tertiary/aromatic N) is 3. The second kappa shape index (κ2) is 6.25. The van der Waals surface area contributed by atoms with Crippen molar-refractivity contribution in [1.82, 2.24) is 14.3 Å². The second-order valence-electron chi connectivity index (χ2n) is 5.20. The van der Waals surface area contributed by atoms with Crippen LogP contribution in [0.3, 0.4) is 0 Å². The summed E-state index contributed by atoms with van der Waals surface area (Å²) in [5, 5.41) is 0. The molecule has 1 aromatic heterocycles. The number of piperidine rings is 1. The first-order valence-corrected chi connectivity index (χ1v) is 9.26. The van der Waals surface area contributed by atoms with E-state index in [1.54, 1.807) is 0 Å². The number of hydrogen-bond donors (Lipinski definition) is 1. The smallest absolute Gasteiger partial charge is 0.252 e. The van der Waals surface area contributed by atoms with Gasteiger partial charge in [-0.2, -0.15) is 12.7 Å². The van der Waals surface area contributed by atoms with Crippen molar-refractivity contribution in [3.63, 3.8) is 0 Å². The lowest BCUT2D eigenvalue weighted by Gasteiger charge is -2.33. The molecule has 0 spiro atoms. The van der Waals surface area contributed by atoms with Crippen LogP contribution in [0, 0.1) is 11.8 Å². The molecular formula is C11H16Br2N4O2S. The Hall–Kier alpha value is -0.250. The van der Waals surface area contributed by atoms with Gasteiger partial charge in [0, 0.05) is 13.1 Å². The quantitative estimate of drug-likeness (QED) is 0.804. The van der Waals surface area contributed by atoms with Gasteiger partial charge in [-0.05, 0) is 50.1 Å². The van der Waals surface area contributed by atoms with Crippen LogP contribution in [0.2, 0.25) is 0 Å². The molecule has 9 heteroatoms. The van der Waals surface area contributed by atoms with Crippen LogP contribution in [0.4, 0.5) is 5.82 Å². The maximum Gasteiger partial charge on any atom is 0.302 e. The molecule has 0 saturated carbocycles. The van der Waals surface area contributed by atoms with Crippen LogP contribution in [0.1, 0.15) is 20.3 Å². The van der Waals surface area contributed by atoms with Crippen molar-refractivity contribution in [2.75, 3.05) is 17.8 Å². The largest absolute Gasteiger partial charge is 0.302 e. The van der Waals surface area contributed by atoms with Gasteiger partial charge in [0.05, 0.1) is 6.20 Å². The molecule has 20 heavy (non-hydrogen) atoms. The zero-order valence-electron chi connectivity index (χ0n) is 11.2. The average Bonchev–Trinajstić information content (AvgIpc) is 2.31. The molecular weight excluding hydrogens is 412 g/mol. The molecule has 0 bridgehead atoms. The van der Waals surface area contributed by atoms with E-state index in [1.165, 1.54) is 10.5 Å². The summed E-state index contributed by atoms with van der Waals surface area (Å²) in [6.07, 6.45) is 2.50. The zero-order valence-corrected chi connectivity index (χ0v) is 15.2. The highest BCUT2D eigenvalue weighted by atomic mass is 79.9. The lowest BCUT2D eigenvalue weighted by Crippen LogP contribution is -2.45. The minimum Gasteiger partial charge on any atom is -0.252 e. The van der Waals surface area contributed by atoms with Crippen LogP contribution in [-0.2, 0) is 10.2 Å². The predicted molar refractivity (Wildman–Crippen MR) is 84.5 cm³/mol. The molecule has 0 aliphatic carbocycles. The average molecular weight is 428 g/mol. The number of rotatable bonds is 3. The Bertz CT molecular complexity index is 586. The summed E-state index contributed by atoms with van der Waals surface area (Å²) < 4.78 is 29.6. The summed E-state index contributed by atoms with van der Waals surface area (Å²) in [4.78, 5) is 8.08. The molecule has 2 atom stereocenters. The third kappa shape index (κ3) is 3.90. The van der Waals surface area contributed by atoms with E-state index < -0.39 is 10.2 Å². The fraction of sp³-hybridized carbons (Fsp3) is 0.636. The van der Waals surface area contributed by atoms with E-state index >= 15 is 0 Å². The number of hydrogen-bond acceptors (Lipinski definition) is 4. The Morgan fingerprint density at radius 3 is 2.45 bits per heavy atom. The van der Waals surface area contributed by atoms with Gasteiger partial charge in [-0.1, -0.05) is 13.8 Å². The first kappa shape index (κ1) is 16.1. The van der Waals surface area contributed by atoms with Gasteiger partial charge in [-0.3, -0.25) is 4.72 Å². The Morgan fingerprint density at radius 2 is 1.90 bits per heavy atom. The van der Waals surface area contributed by atoms with Crippen molar-refractivity contribution >= 4 is 47.9 Å². The maximum atomic E-state index is 12.4. The van der Waals surface area contributed by atoms with Crippen molar-refractivity contribution < 1.29 is 8.42 Å². The summed E-state index contributed by atoms with van der Waals surface area (Å²) in [6, 6.07) is 0. The summed E-state index contributed by atoms with van der Waals surface area (Å²) in [5.74, 6) is 0.906. The van der Waals surface area contributed by atoms with Gasteiger partial charge < -0.3 is 0 Å². The van der Waals surface area contributed by atoms with Gasteiger partial charge in [-0.15, -0.1) is 0 Å². The first-order valence-electron chi connectivity index (χ1n) is 6.24. The molecule has 2 heterocycles. The van der Waals surface area contributed by atoms with Crippen molar-refractivity contribution in [3.05, 3.63) is 15.4 Å². The van der Waals surface area contributed by atoms with Crippen LogP contribution in [0.25, 0.3) is 0 Å². The monoisotopic (exact) mass is 426 g/mol. The molecule has 112 valence electrons. The number of aromatic nitrogens is 2. The molecule has 1 fully saturated rings. The SMILES string of the molecule is CC1CC(C)CN(S(=O)(=O)Nc2ncc(Br)nc2Br)C1. The van der Waals surface area contributed by atoms with Crippen LogP contribution in [-0.4, -0.2) is 35.8 Å². The number of anilines is 1. The van der Waals surface area contributed by atoms with Gasteiger partial charge in [0.25, 0.3) is 0 Å². The maximum absolute atomic E-state index is 12.4. The molecule has 0 aromatic carbocycles. The van der Waals surface area contributed by atoms with E-state index in [1.807, 2.05) is 0 Å². The second-order valence-corrected chi connectivity index (χ2v) is 8.44. The molecule has 1 N–H and O–H groups in total. The molecule has 6 nitrogen and oxygen atoms in total. The predicted octanol–water partition coefficient (Wildman–Crippen LogP) is 2.64. The molecule has 2 unspecified atom stereocenters. The molecule has 0 radical (unpaired) electrons. The normalized spacial score (nSPS) is 24.6. The van der Waals surface area contributed by atoms with E-state index in [0.717, 1.165) is 6.42 Å². The highest BCUT2D eigenvalue weighted by Crippen LogP contribution is 2.25. The van der Waals surface area contributed by atoms with Crippen molar-refractivity contribution in [2.24, 2.45) is 11.8 Å². The van der Waals surface area contributed by atoms with E-state index in [9.17, 15) is 8.42 Å². The summed E-state index contributed by atoms with van der Waals surface area (Å²) in [7, 11) is -3.60. The van der Waals surface area contributed by atoms with Crippen LogP contribution in [0.15, 0.2) is 15.4 Å². The van der Waals surface area contributed by atoms with Crippen molar-refractivity contribution in [1.29, 1.82) is 0 Å². The number of nitrogens with one attached hydrogen (secondary N) is 1. The molecule has 1 aliphatic heterocycles. The molecule has 1 saturated heterocycles. The molecule has 1 aliphatic rings. The van der Waals surface area contributed by atoms with E-state index in [2.05, 4.69) is 60.4 Å². The van der Waals surface area contributed by atoms with E-state index in [4.69, 9.17) is 0 Å². The van der Waals surface area contributed by atoms with Crippen LogP contribution >= 0.6 is 31.9 Å². The molecule has 2 rings (SSSR count). The topological polar surface area (TPSA) is 75.2 Å². The zero-order chi connectivity index (χ0) is 14.9. The van der Waals surface area contributed by atoms with Gasteiger partial charge in [0.1, 0.15) is 4.60 Å². The highest BCUT2D eigenvalue weighted by molar-refractivity contribution is 9.11. The van der Waals surface area contributed by atoms with Gasteiger partial charge in [-0.25, -0.2) is 9.97 Å². The Labute approximate surface area is 135 Å². The van der Waals surface area contributed by atoms with Gasteiger partial charge in [0.15, 0.2) is 10.4 Å².